The maximum atomic E-state index is 7.26. The molecule has 0 radical (unpaired) electrons. The Labute approximate surface area is 183 Å². The Kier molecular flexibility index (Phi) is 4.06. The highest BCUT2D eigenvalue weighted by Crippen LogP contribution is 2.43. The lowest BCUT2D eigenvalue weighted by molar-refractivity contribution is 1.35. The highest BCUT2D eigenvalue weighted by Gasteiger charge is 2.13. The van der Waals surface area contributed by atoms with Crippen LogP contribution in [0.1, 0.15) is 0 Å². The molecule has 0 N–H and O–H groups in total. The van der Waals surface area contributed by atoms with Gasteiger partial charge in [-0.3, -0.25) is 0 Å². The van der Waals surface area contributed by atoms with E-state index in [4.69, 9.17) is 6.57 Å². The zero-order valence-corrected chi connectivity index (χ0v) is 17.4. The molecule has 2 aromatic heterocycles. The summed E-state index contributed by atoms with van der Waals surface area (Å²) in [5.74, 6) is 0.417. The Balaban J connectivity index is 1.63. The van der Waals surface area contributed by atoms with Gasteiger partial charge in [-0.1, -0.05) is 67.2 Å². The van der Waals surface area contributed by atoms with Crippen LogP contribution in [-0.4, -0.2) is 4.98 Å². The molecule has 2 heterocycles. The number of fused-ring (bicyclic) bond motifs is 5. The average molecular weight is 413 g/mol. The fourth-order valence-electron chi connectivity index (χ4n) is 4.35. The summed E-state index contributed by atoms with van der Waals surface area (Å²) in [6, 6.07) is 32.0. The lowest BCUT2D eigenvalue weighted by Crippen LogP contribution is -1.85. The minimum absolute atomic E-state index is 0.417. The van der Waals surface area contributed by atoms with Crippen LogP contribution in [-0.2, 0) is 0 Å². The van der Waals surface area contributed by atoms with Gasteiger partial charge >= 0.3 is 0 Å². The molecule has 0 fully saturated rings. The van der Waals surface area contributed by atoms with Crippen molar-refractivity contribution in [1.29, 1.82) is 0 Å². The molecule has 6 aromatic rings. The van der Waals surface area contributed by atoms with Gasteiger partial charge in [-0.15, -0.1) is 16.3 Å². The summed E-state index contributed by atoms with van der Waals surface area (Å²) in [5, 5.41) is 5.21. The normalized spacial score (nSPS) is 11.2. The van der Waals surface area contributed by atoms with Crippen molar-refractivity contribution in [2.24, 2.45) is 0 Å². The predicted octanol–water partition coefficient (Wildman–Crippen LogP) is 8.49. The summed E-state index contributed by atoms with van der Waals surface area (Å²) in [6.07, 6.45) is 1.70. The van der Waals surface area contributed by atoms with Crippen LogP contribution < -0.4 is 0 Å². The molecule has 0 spiro atoms. The second-order valence-electron chi connectivity index (χ2n) is 7.54. The first-order valence-electron chi connectivity index (χ1n) is 10.1. The quantitative estimate of drug-likeness (QED) is 0.261. The number of benzene rings is 4. The largest absolute Gasteiger partial charge is 0.361 e. The predicted molar refractivity (Wildman–Crippen MR) is 132 cm³/mol. The van der Waals surface area contributed by atoms with Gasteiger partial charge in [0.2, 0.25) is 0 Å². The van der Waals surface area contributed by atoms with Crippen molar-refractivity contribution in [3.05, 3.63) is 109 Å². The molecule has 0 saturated heterocycles. The third kappa shape index (κ3) is 2.89. The van der Waals surface area contributed by atoms with Crippen LogP contribution in [0.5, 0.6) is 0 Å². The van der Waals surface area contributed by atoms with Gasteiger partial charge < -0.3 is 4.85 Å². The minimum Gasteiger partial charge on any atom is -0.361 e. The first-order chi connectivity index (χ1) is 15.3. The van der Waals surface area contributed by atoms with Crippen molar-refractivity contribution in [3.8, 4) is 22.3 Å². The van der Waals surface area contributed by atoms with E-state index in [-0.39, 0.29) is 0 Å². The molecule has 0 aliphatic rings. The SMILES string of the molecule is [C-]#[N+]c1cc(-c2cccc(-c3cc4sc5ccccc5c4c4ccccc34)c2)ccn1. The van der Waals surface area contributed by atoms with Crippen molar-refractivity contribution in [2.75, 3.05) is 0 Å². The van der Waals surface area contributed by atoms with E-state index in [1.165, 1.54) is 42.1 Å². The molecule has 144 valence electrons. The topological polar surface area (TPSA) is 17.2 Å². The Hall–Kier alpha value is -4.00. The maximum absolute atomic E-state index is 7.26. The summed E-state index contributed by atoms with van der Waals surface area (Å²) in [7, 11) is 0. The fourth-order valence-corrected chi connectivity index (χ4v) is 5.52. The van der Waals surface area contributed by atoms with Crippen molar-refractivity contribution >= 4 is 48.1 Å². The van der Waals surface area contributed by atoms with Gasteiger partial charge in [0.25, 0.3) is 5.82 Å². The number of nitrogens with zero attached hydrogens (tertiary/aromatic N) is 2. The van der Waals surface area contributed by atoms with E-state index >= 15 is 0 Å². The van der Waals surface area contributed by atoms with Crippen LogP contribution in [0.2, 0.25) is 0 Å². The van der Waals surface area contributed by atoms with Gasteiger partial charge in [0.1, 0.15) is 6.20 Å². The Morgan fingerprint density at radius 2 is 1.39 bits per heavy atom. The molecule has 4 aromatic carbocycles. The van der Waals surface area contributed by atoms with E-state index in [2.05, 4.69) is 88.7 Å². The summed E-state index contributed by atoms with van der Waals surface area (Å²) in [6.45, 7) is 7.26. The van der Waals surface area contributed by atoms with E-state index in [0.717, 1.165) is 11.1 Å². The van der Waals surface area contributed by atoms with Crippen molar-refractivity contribution < 1.29 is 0 Å². The first kappa shape index (κ1) is 17.8. The number of thiophene rings is 1. The van der Waals surface area contributed by atoms with Gasteiger partial charge in [-0.05, 0) is 63.4 Å². The van der Waals surface area contributed by atoms with Gasteiger partial charge in [0.15, 0.2) is 0 Å². The third-order valence-corrected chi connectivity index (χ3v) is 6.87. The van der Waals surface area contributed by atoms with Crippen LogP contribution in [0.25, 0.3) is 58.0 Å². The molecule has 3 heteroatoms. The van der Waals surface area contributed by atoms with Crippen LogP contribution in [0.15, 0.2) is 97.2 Å². The number of aromatic nitrogens is 1. The average Bonchev–Trinajstić information content (AvgIpc) is 3.22. The monoisotopic (exact) mass is 412 g/mol. The van der Waals surface area contributed by atoms with Crippen LogP contribution in [0, 0.1) is 6.57 Å². The molecule has 0 aliphatic heterocycles. The zero-order valence-electron chi connectivity index (χ0n) is 16.5. The van der Waals surface area contributed by atoms with Gasteiger partial charge in [0.05, 0.1) is 0 Å². The summed E-state index contributed by atoms with van der Waals surface area (Å²) < 4.78 is 2.62. The molecule has 6 rings (SSSR count). The van der Waals surface area contributed by atoms with Crippen LogP contribution in [0.4, 0.5) is 5.82 Å². The molecule has 0 unspecified atom stereocenters. The molecule has 0 amide bonds. The number of pyridine rings is 1. The smallest absolute Gasteiger partial charge is 0.270 e. The zero-order chi connectivity index (χ0) is 20.8. The Bertz CT molecular complexity index is 1650. The first-order valence-corrected chi connectivity index (χ1v) is 10.9. The maximum Gasteiger partial charge on any atom is 0.270 e. The lowest BCUT2D eigenvalue weighted by Gasteiger charge is -2.11. The Morgan fingerprint density at radius 3 is 2.26 bits per heavy atom. The molecule has 0 aliphatic carbocycles. The lowest BCUT2D eigenvalue weighted by atomic mass is 9.93. The summed E-state index contributed by atoms with van der Waals surface area (Å²) >= 11 is 1.85. The highest BCUT2D eigenvalue weighted by atomic mass is 32.1. The number of hydrogen-bond acceptors (Lipinski definition) is 2. The van der Waals surface area contributed by atoms with E-state index in [9.17, 15) is 0 Å². The number of rotatable bonds is 2. The molecule has 0 saturated carbocycles. The van der Waals surface area contributed by atoms with E-state index < -0.39 is 0 Å². The minimum atomic E-state index is 0.417. The van der Waals surface area contributed by atoms with E-state index in [1.54, 1.807) is 6.20 Å². The second-order valence-corrected chi connectivity index (χ2v) is 8.62. The van der Waals surface area contributed by atoms with E-state index in [1.807, 2.05) is 23.5 Å². The van der Waals surface area contributed by atoms with Gasteiger partial charge in [0, 0.05) is 20.2 Å². The Morgan fingerprint density at radius 1 is 0.645 bits per heavy atom. The molecular formula is C28H16N2S. The van der Waals surface area contributed by atoms with Crippen molar-refractivity contribution in [2.45, 2.75) is 0 Å². The summed E-state index contributed by atoms with van der Waals surface area (Å²) in [4.78, 5) is 7.58. The molecule has 0 atom stereocenters. The van der Waals surface area contributed by atoms with Gasteiger partial charge in [-0.25, -0.2) is 0 Å². The second kappa shape index (κ2) is 7.05. The molecular weight excluding hydrogens is 396 g/mol. The van der Waals surface area contributed by atoms with Crippen molar-refractivity contribution in [3.63, 3.8) is 0 Å². The van der Waals surface area contributed by atoms with E-state index in [0.29, 0.717) is 5.82 Å². The fraction of sp³-hybridized carbons (Fsp3) is 0. The standard InChI is InChI=1S/C28H16N2S/c1-29-27-16-19(13-14-30-27)18-7-6-8-20(15-18)24-17-26-28(22-10-3-2-9-21(22)24)23-11-4-5-12-25(23)31-26/h2-17H. The van der Waals surface area contributed by atoms with Crippen LogP contribution >= 0.6 is 11.3 Å². The van der Waals surface area contributed by atoms with Crippen molar-refractivity contribution in [1.82, 2.24) is 4.98 Å². The van der Waals surface area contributed by atoms with Gasteiger partial charge in [-0.2, -0.15) is 0 Å². The molecule has 0 bridgehead atoms. The highest BCUT2D eigenvalue weighted by molar-refractivity contribution is 7.26. The third-order valence-electron chi connectivity index (χ3n) is 5.75. The van der Waals surface area contributed by atoms with Crippen LogP contribution in [0.3, 0.4) is 0 Å². The summed E-state index contributed by atoms with van der Waals surface area (Å²) in [5.41, 5.74) is 4.51. The molecule has 2 nitrogen and oxygen atoms in total. The molecule has 31 heavy (non-hydrogen) atoms. The number of hydrogen-bond donors (Lipinski definition) is 0.